The van der Waals surface area contributed by atoms with Gasteiger partial charge in [0, 0.05) is 0 Å². The fourth-order valence-electron chi connectivity index (χ4n) is 0.238. The molecule has 0 saturated heterocycles. The molecular formula is C2H3ClF5NS. The van der Waals surface area contributed by atoms with Crippen LogP contribution in [0, 0.1) is 0 Å². The number of nitrogens with zero attached hydrogens (tertiary/aromatic N) is 1. The van der Waals surface area contributed by atoms with Crippen molar-refractivity contribution in [2.45, 2.75) is 6.92 Å². The molecule has 0 heterocycles. The summed E-state index contributed by atoms with van der Waals surface area (Å²) in [6.45, 7) is 0.624. The van der Waals surface area contributed by atoms with E-state index in [9.17, 15) is 19.4 Å². The Balaban J connectivity index is 4.96. The fourth-order valence-corrected chi connectivity index (χ4v) is 1.10. The van der Waals surface area contributed by atoms with Gasteiger partial charge in [-0.3, -0.25) is 0 Å². The average Bonchev–Trinajstić information content (AvgIpc) is 1.12. The second-order valence-corrected chi connectivity index (χ2v) is 4.10. The van der Waals surface area contributed by atoms with Gasteiger partial charge in [0.25, 0.3) is 0 Å². The van der Waals surface area contributed by atoms with Gasteiger partial charge in [0.1, 0.15) is 5.17 Å². The smallest absolute Gasteiger partial charge is 0.121 e. The van der Waals surface area contributed by atoms with E-state index in [2.05, 4.69) is 11.6 Å². The van der Waals surface area contributed by atoms with Crippen LogP contribution in [0.5, 0.6) is 0 Å². The quantitative estimate of drug-likeness (QED) is 0.453. The Hall–Kier alpha value is -0.0400. The topological polar surface area (TPSA) is 12.4 Å². The minimum atomic E-state index is -9.65. The predicted molar refractivity (Wildman–Crippen MR) is 32.1 cm³/mol. The largest absolute Gasteiger partial charge is 0.382 e. The van der Waals surface area contributed by atoms with E-state index in [-0.39, 0.29) is 0 Å². The van der Waals surface area contributed by atoms with Crippen LogP contribution in [0.25, 0.3) is 0 Å². The van der Waals surface area contributed by atoms with E-state index in [0.717, 1.165) is 4.40 Å². The summed E-state index contributed by atoms with van der Waals surface area (Å²) in [5.41, 5.74) is 0. The Bertz CT molecular complexity index is 173. The number of rotatable bonds is 1. The molecule has 0 atom stereocenters. The minimum absolute atomic E-state index is 0.624. The lowest BCUT2D eigenvalue weighted by atomic mass is 10.9. The summed E-state index contributed by atoms with van der Waals surface area (Å²) in [6, 6.07) is 0. The van der Waals surface area contributed by atoms with Crippen molar-refractivity contribution in [3.63, 3.8) is 0 Å². The molecule has 0 aromatic heterocycles. The van der Waals surface area contributed by atoms with Crippen molar-refractivity contribution >= 4 is 27.2 Å². The fraction of sp³-hybridized carbons (Fsp3) is 0.500. The number of halogens is 6. The molecule has 0 N–H and O–H groups in total. The predicted octanol–water partition coefficient (Wildman–Crippen LogP) is 3.86. The third kappa shape index (κ3) is 7.96. The molecule has 64 valence electrons. The van der Waals surface area contributed by atoms with Crippen LogP contribution in [-0.2, 0) is 0 Å². The molecule has 8 heteroatoms. The van der Waals surface area contributed by atoms with Crippen molar-refractivity contribution in [3.05, 3.63) is 0 Å². The molecule has 0 aromatic carbocycles. The summed E-state index contributed by atoms with van der Waals surface area (Å²) < 4.78 is 57.1. The van der Waals surface area contributed by atoms with Crippen molar-refractivity contribution in [2.75, 3.05) is 0 Å². The molecule has 0 aromatic rings. The highest BCUT2D eigenvalue weighted by atomic mass is 35.5. The van der Waals surface area contributed by atoms with Crippen molar-refractivity contribution < 1.29 is 19.4 Å². The molecule has 0 unspecified atom stereocenters. The monoisotopic (exact) mass is 203 g/mol. The van der Waals surface area contributed by atoms with Crippen LogP contribution in [0.2, 0.25) is 0 Å². The van der Waals surface area contributed by atoms with Gasteiger partial charge < -0.3 is 0 Å². The van der Waals surface area contributed by atoms with Gasteiger partial charge in [-0.1, -0.05) is 31.0 Å². The first kappa shape index (κ1) is 9.96. The van der Waals surface area contributed by atoms with Gasteiger partial charge in [0.05, 0.1) is 0 Å². The summed E-state index contributed by atoms with van der Waals surface area (Å²) >= 11 is 4.52. The molecule has 0 aliphatic rings. The van der Waals surface area contributed by atoms with Gasteiger partial charge in [0.15, 0.2) is 0 Å². The Kier molecular flexibility index (Phi) is 1.57. The zero-order valence-electron chi connectivity index (χ0n) is 4.62. The summed E-state index contributed by atoms with van der Waals surface area (Å²) in [7, 11) is -9.65. The van der Waals surface area contributed by atoms with E-state index in [1.54, 1.807) is 0 Å². The molecular weight excluding hydrogens is 201 g/mol. The molecule has 0 aliphatic heterocycles. The SMILES string of the molecule is C/C(Cl)=N/S(F)(F)(F)(F)F. The van der Waals surface area contributed by atoms with Gasteiger partial charge in [-0.15, -0.1) is 4.40 Å². The third-order valence-corrected chi connectivity index (χ3v) is 1.10. The highest BCUT2D eigenvalue weighted by Gasteiger charge is 2.63. The molecule has 1 nitrogen and oxygen atoms in total. The first-order valence-corrected chi connectivity index (χ1v) is 4.15. The lowest BCUT2D eigenvalue weighted by Crippen LogP contribution is -2.01. The third-order valence-electron chi connectivity index (χ3n) is 0.298. The standard InChI is InChI=1S/C2H3ClF5NS/c1-2(3)9-10(4,5,6,7)8/h1H3/b9-2-. The Labute approximate surface area is 58.7 Å². The second-order valence-electron chi connectivity index (χ2n) is 1.52. The van der Waals surface area contributed by atoms with E-state index >= 15 is 0 Å². The number of hydrogen-bond acceptors (Lipinski definition) is 1. The Morgan fingerprint density at radius 3 is 1.50 bits per heavy atom. The maximum absolute atomic E-state index is 11.2. The minimum Gasteiger partial charge on any atom is -0.121 e. The van der Waals surface area contributed by atoms with E-state index in [0.29, 0.717) is 6.92 Å². The van der Waals surface area contributed by atoms with E-state index in [1.165, 1.54) is 0 Å². The van der Waals surface area contributed by atoms with Crippen molar-refractivity contribution in [1.29, 1.82) is 0 Å². The molecule has 10 heavy (non-hydrogen) atoms. The zero-order valence-corrected chi connectivity index (χ0v) is 6.20. The maximum atomic E-state index is 11.2. The van der Waals surface area contributed by atoms with E-state index < -0.39 is 15.6 Å². The van der Waals surface area contributed by atoms with E-state index in [4.69, 9.17) is 0 Å². The van der Waals surface area contributed by atoms with Crippen LogP contribution in [0.15, 0.2) is 4.40 Å². The van der Waals surface area contributed by atoms with Gasteiger partial charge in [-0.2, -0.15) is 0 Å². The summed E-state index contributed by atoms with van der Waals surface area (Å²) in [4.78, 5) is 0. The molecule has 0 radical (unpaired) electrons. The molecule has 0 amide bonds. The zero-order chi connectivity index (χ0) is 8.69. The average molecular weight is 204 g/mol. The molecule has 0 bridgehead atoms. The summed E-state index contributed by atoms with van der Waals surface area (Å²) in [5.74, 6) is 0. The van der Waals surface area contributed by atoms with Crippen LogP contribution in [-0.4, -0.2) is 5.17 Å². The van der Waals surface area contributed by atoms with Gasteiger partial charge in [0.2, 0.25) is 0 Å². The maximum Gasteiger partial charge on any atom is 0.382 e. The lowest BCUT2D eigenvalue weighted by molar-refractivity contribution is 0.367. The van der Waals surface area contributed by atoms with Crippen LogP contribution in [0.3, 0.4) is 0 Å². The van der Waals surface area contributed by atoms with Gasteiger partial charge in [-0.25, -0.2) is 0 Å². The Morgan fingerprint density at radius 2 is 1.50 bits per heavy atom. The number of hydrogen-bond donors (Lipinski definition) is 0. The first-order valence-electron chi connectivity index (χ1n) is 1.87. The first-order chi connectivity index (χ1) is 3.89. The lowest BCUT2D eigenvalue weighted by Gasteiger charge is -2.34. The Morgan fingerprint density at radius 1 is 1.20 bits per heavy atom. The molecule has 0 spiro atoms. The highest BCUT2D eigenvalue weighted by Crippen LogP contribution is 2.99. The van der Waals surface area contributed by atoms with E-state index in [1.807, 2.05) is 0 Å². The summed E-state index contributed by atoms with van der Waals surface area (Å²) in [6.07, 6.45) is 0. The normalized spacial score (nSPS) is 21.7. The van der Waals surface area contributed by atoms with Gasteiger partial charge >= 0.3 is 10.4 Å². The second kappa shape index (κ2) is 1.58. The van der Waals surface area contributed by atoms with Crippen LogP contribution in [0.4, 0.5) is 19.4 Å². The van der Waals surface area contributed by atoms with Gasteiger partial charge in [-0.05, 0) is 6.92 Å². The van der Waals surface area contributed by atoms with Crippen LogP contribution in [0.1, 0.15) is 6.92 Å². The van der Waals surface area contributed by atoms with Crippen molar-refractivity contribution in [2.24, 2.45) is 4.40 Å². The molecule has 0 saturated carbocycles. The van der Waals surface area contributed by atoms with Crippen molar-refractivity contribution in [1.82, 2.24) is 0 Å². The van der Waals surface area contributed by atoms with Crippen LogP contribution < -0.4 is 0 Å². The van der Waals surface area contributed by atoms with Crippen molar-refractivity contribution in [3.8, 4) is 0 Å². The molecule has 0 fully saturated rings. The molecule has 0 aliphatic carbocycles. The summed E-state index contributed by atoms with van der Waals surface area (Å²) in [5, 5.41) is -1.22. The highest BCUT2D eigenvalue weighted by molar-refractivity contribution is 8.44. The van der Waals surface area contributed by atoms with Crippen LogP contribution >= 0.6 is 22.0 Å². The molecule has 0 rings (SSSR count).